The van der Waals surface area contributed by atoms with Crippen LogP contribution in [0.1, 0.15) is 71.1 Å². The van der Waals surface area contributed by atoms with E-state index in [4.69, 9.17) is 19.6 Å². The van der Waals surface area contributed by atoms with E-state index in [2.05, 4.69) is 12.2 Å². The molecule has 1 unspecified atom stereocenters. The number of hydrogen-bond donors (Lipinski definition) is 6. The van der Waals surface area contributed by atoms with Gasteiger partial charge in [-0.2, -0.15) is 8.42 Å². The summed E-state index contributed by atoms with van der Waals surface area (Å²) < 4.78 is 54.5. The van der Waals surface area contributed by atoms with Gasteiger partial charge in [0.2, 0.25) is 0 Å². The number of nitrogens with one attached hydrogen (secondary N) is 1. The lowest BCUT2D eigenvalue weighted by Gasteiger charge is -2.23. The Hall–Kier alpha value is 0.170. The van der Waals surface area contributed by atoms with Crippen molar-refractivity contribution in [1.29, 1.82) is 0 Å². The molecule has 0 heterocycles. The third-order valence-electron chi connectivity index (χ3n) is 4.23. The lowest BCUT2D eigenvalue weighted by atomic mass is 10.1. The lowest BCUT2D eigenvalue weighted by Crippen LogP contribution is -2.40. The topological polar surface area (TPSA) is 181 Å². The summed E-state index contributed by atoms with van der Waals surface area (Å²) in [6.45, 7) is 1.21. The molecule has 164 valence electrons. The van der Waals surface area contributed by atoms with Gasteiger partial charge in [0.1, 0.15) is 5.37 Å². The van der Waals surface area contributed by atoms with Crippen LogP contribution >= 0.6 is 15.2 Å². The molecule has 0 amide bonds. The van der Waals surface area contributed by atoms with Crippen molar-refractivity contribution in [1.82, 2.24) is 5.32 Å². The monoisotopic (exact) mass is 453 g/mol. The molecular formula is C14H33NO9P2S. The molecule has 10 nitrogen and oxygen atoms in total. The van der Waals surface area contributed by atoms with Crippen LogP contribution in [0.15, 0.2) is 0 Å². The maximum absolute atomic E-state index is 11.4. The number of unbranched alkanes of at least 4 members (excludes halogenated alkanes) is 8. The first-order valence-corrected chi connectivity index (χ1v) is 14.0. The maximum Gasteiger partial charge on any atom is 0.342 e. The van der Waals surface area contributed by atoms with Gasteiger partial charge in [-0.25, -0.2) is 0 Å². The zero-order chi connectivity index (χ0) is 21.1. The largest absolute Gasteiger partial charge is 0.342 e. The van der Waals surface area contributed by atoms with E-state index in [1.807, 2.05) is 0 Å². The van der Waals surface area contributed by atoms with Crippen LogP contribution in [0.5, 0.6) is 0 Å². The zero-order valence-electron chi connectivity index (χ0n) is 15.6. The average molecular weight is 453 g/mol. The quantitative estimate of drug-likeness (QED) is 0.115. The molecule has 13 heteroatoms. The molecule has 1 atom stereocenters. The summed E-state index contributed by atoms with van der Waals surface area (Å²) in [6.07, 6.45) is 8.92. The second-order valence-corrected chi connectivity index (χ2v) is 12.3. The molecule has 0 saturated heterocycles. The Morgan fingerprint density at radius 1 is 0.815 bits per heavy atom. The van der Waals surface area contributed by atoms with Crippen molar-refractivity contribution in [2.45, 2.75) is 81.9 Å². The molecule has 6 N–H and O–H groups in total. The minimum absolute atomic E-state index is 0.0241. The fourth-order valence-corrected chi connectivity index (χ4v) is 5.69. The third-order valence-corrected chi connectivity index (χ3v) is 9.08. The highest BCUT2D eigenvalue weighted by molar-refractivity contribution is 7.86. The Morgan fingerprint density at radius 3 is 1.59 bits per heavy atom. The van der Waals surface area contributed by atoms with Crippen LogP contribution in [-0.4, -0.2) is 49.9 Å². The molecule has 0 saturated carbocycles. The highest BCUT2D eigenvalue weighted by atomic mass is 32.2. The Morgan fingerprint density at radius 2 is 1.22 bits per heavy atom. The van der Waals surface area contributed by atoms with E-state index in [0.29, 0.717) is 6.42 Å². The first kappa shape index (κ1) is 27.2. The van der Waals surface area contributed by atoms with E-state index in [9.17, 15) is 22.1 Å². The maximum atomic E-state index is 11.4. The smallest absolute Gasteiger partial charge is 0.324 e. The Labute approximate surface area is 161 Å². The predicted octanol–water partition coefficient (Wildman–Crippen LogP) is 2.39. The predicted molar refractivity (Wildman–Crippen MR) is 103 cm³/mol. The van der Waals surface area contributed by atoms with Crippen molar-refractivity contribution in [2.75, 3.05) is 6.54 Å². The van der Waals surface area contributed by atoms with E-state index in [1.54, 1.807) is 0 Å². The molecule has 0 aliphatic heterocycles. The molecule has 0 bridgehead atoms. The first-order valence-electron chi connectivity index (χ1n) is 9.10. The van der Waals surface area contributed by atoms with E-state index in [1.165, 1.54) is 19.3 Å². The Balaban J connectivity index is 4.42. The van der Waals surface area contributed by atoms with Crippen LogP contribution in [-0.2, 0) is 19.2 Å². The van der Waals surface area contributed by atoms with Crippen molar-refractivity contribution in [3.05, 3.63) is 0 Å². The normalized spacial score (nSPS) is 14.6. The van der Waals surface area contributed by atoms with E-state index >= 15 is 0 Å². The summed E-state index contributed by atoms with van der Waals surface area (Å²) in [7, 11) is -14.9. The van der Waals surface area contributed by atoms with Crippen LogP contribution in [0.25, 0.3) is 0 Å². The fourth-order valence-electron chi connectivity index (χ4n) is 2.67. The van der Waals surface area contributed by atoms with Gasteiger partial charge in [-0.3, -0.25) is 19.0 Å². The molecule has 0 spiro atoms. The van der Waals surface area contributed by atoms with Gasteiger partial charge in [0.05, 0.1) is 0 Å². The Kier molecular flexibility index (Phi) is 12.8. The third kappa shape index (κ3) is 13.1. The van der Waals surface area contributed by atoms with E-state index in [0.717, 1.165) is 32.1 Å². The molecule has 0 aromatic carbocycles. The van der Waals surface area contributed by atoms with Gasteiger partial charge < -0.3 is 19.6 Å². The highest BCUT2D eigenvalue weighted by Crippen LogP contribution is 2.59. The van der Waals surface area contributed by atoms with Crippen LogP contribution in [0.2, 0.25) is 0 Å². The van der Waals surface area contributed by atoms with E-state index < -0.39 is 42.6 Å². The van der Waals surface area contributed by atoms with Gasteiger partial charge in [0.25, 0.3) is 10.1 Å². The van der Waals surface area contributed by atoms with Gasteiger partial charge in [-0.15, -0.1) is 0 Å². The van der Waals surface area contributed by atoms with Crippen LogP contribution in [0.3, 0.4) is 0 Å². The van der Waals surface area contributed by atoms with Gasteiger partial charge in [0.15, 0.2) is 5.40 Å². The van der Waals surface area contributed by atoms with Crippen LogP contribution in [0.4, 0.5) is 0 Å². The van der Waals surface area contributed by atoms with Crippen molar-refractivity contribution in [3.8, 4) is 0 Å². The van der Waals surface area contributed by atoms with Crippen molar-refractivity contribution in [2.24, 2.45) is 0 Å². The molecule has 0 aromatic heterocycles. The molecule has 0 radical (unpaired) electrons. The van der Waals surface area contributed by atoms with Gasteiger partial charge >= 0.3 is 15.2 Å². The molecular weight excluding hydrogens is 420 g/mol. The van der Waals surface area contributed by atoms with E-state index in [-0.39, 0.29) is 6.42 Å². The molecule has 0 aliphatic carbocycles. The summed E-state index contributed by atoms with van der Waals surface area (Å²) in [6, 6.07) is 0. The minimum Gasteiger partial charge on any atom is -0.324 e. The summed E-state index contributed by atoms with van der Waals surface area (Å²) in [5.74, 6) is 0. The van der Waals surface area contributed by atoms with Crippen LogP contribution in [0, 0.1) is 0 Å². The summed E-state index contributed by atoms with van der Waals surface area (Å²) in [4.78, 5) is 36.2. The Bertz CT molecular complexity index is 580. The van der Waals surface area contributed by atoms with Crippen molar-refractivity contribution in [3.63, 3.8) is 0 Å². The fraction of sp³-hybridized carbons (Fsp3) is 1.00. The second-order valence-electron chi connectivity index (χ2n) is 6.69. The second kappa shape index (κ2) is 12.7. The molecule has 0 aromatic rings. The minimum atomic E-state index is -5.16. The standard InChI is InChI=1S/C14H33NO9P2S/c1-2-3-4-5-6-7-8-9-10-11-13(27(22,23)24)15-12-14(25(16,17)18)26(19,20)21/h13-15H,2-12H2,1H3,(H2,16,17,18)(H2,19,20,21)(H,22,23,24). The highest BCUT2D eigenvalue weighted by Gasteiger charge is 2.43. The number of rotatable bonds is 16. The lowest BCUT2D eigenvalue weighted by molar-refractivity contribution is 0.333. The first-order chi connectivity index (χ1) is 12.3. The summed E-state index contributed by atoms with van der Waals surface area (Å²) in [5.41, 5.74) is 0. The average Bonchev–Trinajstić information content (AvgIpc) is 2.47. The molecule has 0 rings (SSSR count). The summed E-state index contributed by atoms with van der Waals surface area (Å²) in [5, 5.41) is -1.73. The van der Waals surface area contributed by atoms with Gasteiger partial charge in [0, 0.05) is 6.54 Å². The molecule has 0 fully saturated rings. The molecule has 0 aliphatic rings. The summed E-state index contributed by atoms with van der Waals surface area (Å²) >= 11 is 0. The zero-order valence-corrected chi connectivity index (χ0v) is 18.2. The van der Waals surface area contributed by atoms with Crippen LogP contribution < -0.4 is 5.32 Å². The van der Waals surface area contributed by atoms with Crippen molar-refractivity contribution >= 4 is 25.3 Å². The van der Waals surface area contributed by atoms with Crippen molar-refractivity contribution < 1.29 is 41.7 Å². The SMILES string of the molecule is CCCCCCCCCCCC(NCC(P(=O)(O)O)P(=O)(O)O)S(=O)(=O)O. The van der Waals surface area contributed by atoms with Gasteiger partial charge in [-0.1, -0.05) is 64.7 Å². The molecule has 27 heavy (non-hydrogen) atoms. The van der Waals surface area contributed by atoms with Gasteiger partial charge in [-0.05, 0) is 6.42 Å². The number of hydrogen-bond acceptors (Lipinski definition) is 5.